The highest BCUT2D eigenvalue weighted by Gasteiger charge is 2.44. The maximum atomic E-state index is 12.0. The third-order valence-corrected chi connectivity index (χ3v) is 4.86. The van der Waals surface area contributed by atoms with Gasteiger partial charge in [0.2, 0.25) is 0 Å². The van der Waals surface area contributed by atoms with Gasteiger partial charge in [-0.25, -0.2) is 9.78 Å². The van der Waals surface area contributed by atoms with Crippen LogP contribution in [0.15, 0.2) is 30.7 Å². The fourth-order valence-electron chi connectivity index (χ4n) is 3.25. The molecule has 8 nitrogen and oxygen atoms in total. The lowest BCUT2D eigenvalue weighted by atomic mass is 9.87. The van der Waals surface area contributed by atoms with Gasteiger partial charge >= 0.3 is 5.97 Å². The molecule has 1 aliphatic heterocycles. The zero-order valence-electron chi connectivity index (χ0n) is 15.2. The molecule has 1 saturated heterocycles. The van der Waals surface area contributed by atoms with Gasteiger partial charge in [-0.15, -0.1) is 0 Å². The molecule has 0 aromatic carbocycles. The fourth-order valence-corrected chi connectivity index (χ4v) is 3.25. The molecule has 0 aliphatic carbocycles. The van der Waals surface area contributed by atoms with Crippen LogP contribution in [-0.4, -0.2) is 63.8 Å². The van der Waals surface area contributed by atoms with E-state index >= 15 is 0 Å². The Hall–Kier alpha value is -2.90. The molecule has 0 spiro atoms. The lowest BCUT2D eigenvalue weighted by Gasteiger charge is -2.39. The number of pyridine rings is 1. The van der Waals surface area contributed by atoms with Crippen LogP contribution < -0.4 is 4.90 Å². The van der Waals surface area contributed by atoms with Crippen LogP contribution in [0.5, 0.6) is 0 Å². The minimum atomic E-state index is -1.02. The van der Waals surface area contributed by atoms with Crippen molar-refractivity contribution in [2.45, 2.75) is 25.3 Å². The van der Waals surface area contributed by atoms with Crippen LogP contribution in [0.25, 0.3) is 0 Å². The van der Waals surface area contributed by atoms with Gasteiger partial charge in [0.25, 0.3) is 5.91 Å². The molecule has 0 radical (unpaired) electrons. The number of carboxylic acid groups (broad SMARTS) is 1. The summed E-state index contributed by atoms with van der Waals surface area (Å²) in [6, 6.07) is 3.56. The molecular weight excluding hydrogens is 334 g/mol. The molecule has 1 aliphatic rings. The van der Waals surface area contributed by atoms with E-state index < -0.39 is 11.5 Å². The largest absolute Gasteiger partial charge is 0.479 e. The summed E-state index contributed by atoms with van der Waals surface area (Å²) in [6.07, 6.45) is 5.89. The van der Waals surface area contributed by atoms with Crippen molar-refractivity contribution in [1.29, 1.82) is 0 Å². The van der Waals surface area contributed by atoms with Gasteiger partial charge in [0.15, 0.2) is 5.54 Å². The van der Waals surface area contributed by atoms with Crippen LogP contribution in [0.2, 0.25) is 0 Å². The molecule has 2 aromatic heterocycles. The summed E-state index contributed by atoms with van der Waals surface area (Å²) in [5, 5.41) is 14.1. The molecule has 26 heavy (non-hydrogen) atoms. The van der Waals surface area contributed by atoms with E-state index in [0.29, 0.717) is 31.5 Å². The Balaban J connectivity index is 1.75. The van der Waals surface area contributed by atoms with Gasteiger partial charge in [-0.3, -0.25) is 9.48 Å². The first-order valence-electron chi connectivity index (χ1n) is 8.51. The van der Waals surface area contributed by atoms with Gasteiger partial charge in [0.1, 0.15) is 5.82 Å². The average molecular weight is 357 g/mol. The Morgan fingerprint density at radius 1 is 1.19 bits per heavy atom. The number of aryl methyl sites for hydroxylation is 1. The molecule has 1 fully saturated rings. The predicted octanol–water partition coefficient (Wildman–Crippen LogP) is 1.37. The lowest BCUT2D eigenvalue weighted by Crippen LogP contribution is -2.51. The van der Waals surface area contributed by atoms with Crippen molar-refractivity contribution in [3.8, 4) is 0 Å². The Labute approximate surface area is 152 Å². The minimum Gasteiger partial charge on any atom is -0.479 e. The lowest BCUT2D eigenvalue weighted by molar-refractivity contribution is -0.149. The first-order valence-corrected chi connectivity index (χ1v) is 8.51. The number of carbonyl (C=O) groups excluding carboxylic acids is 1. The summed E-state index contributed by atoms with van der Waals surface area (Å²) < 4.78 is 1.58. The number of anilines is 1. The predicted molar refractivity (Wildman–Crippen MR) is 96.3 cm³/mol. The number of hydrogen-bond donors (Lipinski definition) is 1. The molecule has 1 amide bonds. The van der Waals surface area contributed by atoms with E-state index in [2.05, 4.69) is 10.1 Å². The molecule has 2 aromatic rings. The second-order valence-electron chi connectivity index (χ2n) is 6.89. The van der Waals surface area contributed by atoms with Crippen molar-refractivity contribution in [1.82, 2.24) is 19.7 Å². The Morgan fingerprint density at radius 3 is 2.35 bits per heavy atom. The molecule has 3 heterocycles. The molecule has 0 atom stereocenters. The second-order valence-corrected chi connectivity index (χ2v) is 6.89. The number of carboxylic acids is 1. The number of aromatic nitrogens is 3. The Kier molecular flexibility index (Phi) is 4.67. The molecular formula is C18H23N5O3. The summed E-state index contributed by atoms with van der Waals surface area (Å²) in [5.74, 6) is -0.210. The fraction of sp³-hybridized carbons (Fsp3) is 0.444. The third kappa shape index (κ3) is 3.14. The number of rotatable bonds is 4. The van der Waals surface area contributed by atoms with E-state index in [1.165, 1.54) is 4.90 Å². The summed E-state index contributed by atoms with van der Waals surface area (Å²) in [6.45, 7) is 3.01. The smallest absolute Gasteiger partial charge is 0.331 e. The van der Waals surface area contributed by atoms with Crippen molar-refractivity contribution in [3.05, 3.63) is 41.9 Å². The van der Waals surface area contributed by atoms with Crippen LogP contribution in [0, 0.1) is 6.92 Å². The van der Waals surface area contributed by atoms with Crippen LogP contribution >= 0.6 is 0 Å². The van der Waals surface area contributed by atoms with Gasteiger partial charge < -0.3 is 14.9 Å². The molecule has 0 saturated carbocycles. The highest BCUT2D eigenvalue weighted by atomic mass is 16.4. The molecule has 0 bridgehead atoms. The SMILES string of the molecule is Cc1cnn(C2(C(=O)O)CCN(c3ccc(C(=O)N(C)C)cn3)CC2)c1. The minimum absolute atomic E-state index is 0.0957. The van der Waals surface area contributed by atoms with E-state index in [4.69, 9.17) is 0 Å². The van der Waals surface area contributed by atoms with Crippen molar-refractivity contribution in [2.75, 3.05) is 32.1 Å². The van der Waals surface area contributed by atoms with E-state index in [1.807, 2.05) is 17.9 Å². The molecule has 8 heteroatoms. The van der Waals surface area contributed by atoms with Crippen LogP contribution in [0.3, 0.4) is 0 Å². The van der Waals surface area contributed by atoms with E-state index in [0.717, 1.165) is 11.4 Å². The number of aliphatic carboxylic acids is 1. The standard InChI is InChI=1S/C18H23N5O3/c1-13-10-20-23(12-13)18(17(25)26)6-8-22(9-7-18)15-5-4-14(11-19-15)16(24)21(2)3/h4-5,10-12H,6-9H2,1-3H3,(H,25,26). The van der Waals surface area contributed by atoms with Gasteiger partial charge in [0, 0.05) is 52.4 Å². The molecule has 1 N–H and O–H groups in total. The molecule has 0 unspecified atom stereocenters. The topological polar surface area (TPSA) is 91.6 Å². The van der Waals surface area contributed by atoms with Gasteiger partial charge in [0.05, 0.1) is 11.8 Å². The van der Waals surface area contributed by atoms with Gasteiger partial charge in [-0.2, -0.15) is 5.10 Å². The number of hydrogen-bond acceptors (Lipinski definition) is 5. The first kappa shape index (κ1) is 17.9. The Bertz CT molecular complexity index is 804. The molecule has 3 rings (SSSR count). The highest BCUT2D eigenvalue weighted by molar-refractivity contribution is 5.93. The summed E-state index contributed by atoms with van der Waals surface area (Å²) in [5.41, 5.74) is 0.449. The van der Waals surface area contributed by atoms with E-state index in [1.54, 1.807) is 43.4 Å². The van der Waals surface area contributed by atoms with Crippen molar-refractivity contribution >= 4 is 17.7 Å². The third-order valence-electron chi connectivity index (χ3n) is 4.86. The van der Waals surface area contributed by atoms with E-state index in [9.17, 15) is 14.7 Å². The zero-order chi connectivity index (χ0) is 18.9. The van der Waals surface area contributed by atoms with Gasteiger partial charge in [-0.1, -0.05) is 0 Å². The number of nitrogens with zero attached hydrogens (tertiary/aromatic N) is 5. The number of piperidine rings is 1. The monoisotopic (exact) mass is 357 g/mol. The van der Waals surface area contributed by atoms with Crippen LogP contribution in [-0.2, 0) is 10.3 Å². The summed E-state index contributed by atoms with van der Waals surface area (Å²) in [7, 11) is 3.40. The van der Waals surface area contributed by atoms with E-state index in [-0.39, 0.29) is 5.91 Å². The van der Waals surface area contributed by atoms with Crippen LogP contribution in [0.1, 0.15) is 28.8 Å². The summed E-state index contributed by atoms with van der Waals surface area (Å²) >= 11 is 0. The normalized spacial score (nSPS) is 16.3. The first-order chi connectivity index (χ1) is 12.3. The molecule has 138 valence electrons. The number of carbonyl (C=O) groups is 2. The van der Waals surface area contributed by atoms with Crippen molar-refractivity contribution in [2.24, 2.45) is 0 Å². The van der Waals surface area contributed by atoms with Crippen molar-refractivity contribution in [3.63, 3.8) is 0 Å². The van der Waals surface area contributed by atoms with Crippen LogP contribution in [0.4, 0.5) is 5.82 Å². The maximum Gasteiger partial charge on any atom is 0.331 e. The van der Waals surface area contributed by atoms with Gasteiger partial charge in [-0.05, 0) is 24.6 Å². The zero-order valence-corrected chi connectivity index (χ0v) is 15.2. The van der Waals surface area contributed by atoms with Crippen molar-refractivity contribution < 1.29 is 14.7 Å². The summed E-state index contributed by atoms with van der Waals surface area (Å²) in [4.78, 5) is 31.9. The number of amides is 1. The Morgan fingerprint density at radius 2 is 1.88 bits per heavy atom. The second kappa shape index (κ2) is 6.78. The maximum absolute atomic E-state index is 12.0. The average Bonchev–Trinajstić information content (AvgIpc) is 3.08. The highest BCUT2D eigenvalue weighted by Crippen LogP contribution is 2.32. The quantitative estimate of drug-likeness (QED) is 0.889.